The molecule has 0 saturated heterocycles. The van der Waals surface area contributed by atoms with Gasteiger partial charge in [0.05, 0.1) is 10.5 Å². The third kappa shape index (κ3) is 4.99. The molecule has 9 heteroatoms. The Balaban J connectivity index is 3.13. The fraction of sp³-hybridized carbons (Fsp3) is 0.500. The van der Waals surface area contributed by atoms with Crippen molar-refractivity contribution in [1.29, 1.82) is 0 Å². The molecule has 140 valence electrons. The van der Waals surface area contributed by atoms with E-state index in [0.717, 1.165) is 18.2 Å². The van der Waals surface area contributed by atoms with E-state index in [1.165, 1.54) is 11.2 Å². The van der Waals surface area contributed by atoms with Crippen LogP contribution in [0.5, 0.6) is 0 Å². The van der Waals surface area contributed by atoms with Crippen LogP contribution in [0.3, 0.4) is 0 Å². The summed E-state index contributed by atoms with van der Waals surface area (Å²) in [5.41, 5.74) is -0.538. The van der Waals surface area contributed by atoms with Gasteiger partial charge in [-0.2, -0.15) is 4.31 Å². The summed E-state index contributed by atoms with van der Waals surface area (Å²) in [6.07, 6.45) is -1.13. The van der Waals surface area contributed by atoms with Crippen molar-refractivity contribution in [2.45, 2.75) is 38.7 Å². The molecule has 0 aliphatic rings. The first-order chi connectivity index (χ1) is 11.7. The maximum absolute atomic E-state index is 14.0. The fourth-order valence-electron chi connectivity index (χ4n) is 2.13. The molecule has 1 N–H and O–H groups in total. The summed E-state index contributed by atoms with van der Waals surface area (Å²) in [6, 6.07) is 2.91. The number of amides is 1. The lowest BCUT2D eigenvalue weighted by atomic mass is 10.2. The van der Waals surface area contributed by atoms with Gasteiger partial charge in [0.2, 0.25) is 10.0 Å². The molecule has 25 heavy (non-hydrogen) atoms. The highest BCUT2D eigenvalue weighted by atomic mass is 32.2. The molecule has 0 unspecified atom stereocenters. The molecular formula is C16H23FN2O5S. The molecule has 0 radical (unpaired) electrons. The molecule has 1 atom stereocenters. The normalized spacial score (nSPS) is 12.7. The first kappa shape index (κ1) is 21.0. The van der Waals surface area contributed by atoms with Crippen molar-refractivity contribution in [2.75, 3.05) is 19.6 Å². The number of hydrogen-bond donors (Lipinski definition) is 1. The third-order valence-corrected chi connectivity index (χ3v) is 5.55. The van der Waals surface area contributed by atoms with Gasteiger partial charge < -0.3 is 10.1 Å². The van der Waals surface area contributed by atoms with Crippen LogP contribution in [0.15, 0.2) is 23.1 Å². The van der Waals surface area contributed by atoms with E-state index in [-0.39, 0.29) is 18.0 Å². The second kappa shape index (κ2) is 8.91. The van der Waals surface area contributed by atoms with Crippen LogP contribution in [0.1, 0.15) is 38.1 Å². The van der Waals surface area contributed by atoms with E-state index in [1.807, 2.05) is 0 Å². The van der Waals surface area contributed by atoms with Gasteiger partial charge in [0.1, 0.15) is 5.82 Å². The van der Waals surface area contributed by atoms with Gasteiger partial charge in [-0.05, 0) is 32.0 Å². The molecule has 1 amide bonds. The molecule has 0 aliphatic heterocycles. The fourth-order valence-corrected chi connectivity index (χ4v) is 3.61. The zero-order chi connectivity index (χ0) is 19.2. The summed E-state index contributed by atoms with van der Waals surface area (Å²) >= 11 is 0. The zero-order valence-electron chi connectivity index (χ0n) is 14.7. The van der Waals surface area contributed by atoms with Crippen molar-refractivity contribution >= 4 is 21.9 Å². The standard InChI is InChI=1S/C16H23FN2O5S/c1-5-18-15(20)11(4)24-16(21)13-10-12(8-9-14(13)17)25(22,23)19(6-2)7-3/h8-11H,5-7H2,1-4H3,(H,18,20)/t11-/m0/s1. The van der Waals surface area contributed by atoms with Crippen LogP contribution in [-0.2, 0) is 19.6 Å². The van der Waals surface area contributed by atoms with Crippen molar-refractivity contribution in [3.8, 4) is 0 Å². The van der Waals surface area contributed by atoms with Crippen LogP contribution in [0.2, 0.25) is 0 Å². The molecule has 1 rings (SSSR count). The Kier molecular flexibility index (Phi) is 7.50. The lowest BCUT2D eigenvalue weighted by molar-refractivity contribution is -0.128. The van der Waals surface area contributed by atoms with Crippen LogP contribution in [0, 0.1) is 5.82 Å². The third-order valence-electron chi connectivity index (χ3n) is 3.50. The average molecular weight is 374 g/mol. The van der Waals surface area contributed by atoms with Crippen molar-refractivity contribution < 1.29 is 27.1 Å². The van der Waals surface area contributed by atoms with E-state index in [1.54, 1.807) is 20.8 Å². The zero-order valence-corrected chi connectivity index (χ0v) is 15.5. The van der Waals surface area contributed by atoms with Crippen LogP contribution >= 0.6 is 0 Å². The number of nitrogens with one attached hydrogen (secondary N) is 1. The van der Waals surface area contributed by atoms with Gasteiger partial charge in [0, 0.05) is 19.6 Å². The number of sulfonamides is 1. The summed E-state index contributed by atoms with van der Waals surface area (Å²) in [7, 11) is -3.85. The van der Waals surface area contributed by atoms with Crippen molar-refractivity contribution in [1.82, 2.24) is 9.62 Å². The number of halogens is 1. The van der Waals surface area contributed by atoms with Gasteiger partial charge >= 0.3 is 5.97 Å². The largest absolute Gasteiger partial charge is 0.449 e. The van der Waals surface area contributed by atoms with Crippen LogP contribution in [0.25, 0.3) is 0 Å². The SMILES string of the molecule is CCNC(=O)[C@H](C)OC(=O)c1cc(S(=O)(=O)N(CC)CC)ccc1F. The lowest BCUT2D eigenvalue weighted by Gasteiger charge is -2.19. The minimum atomic E-state index is -3.85. The Morgan fingerprint density at radius 2 is 1.84 bits per heavy atom. The van der Waals surface area contributed by atoms with E-state index in [0.29, 0.717) is 6.54 Å². The lowest BCUT2D eigenvalue weighted by Crippen LogP contribution is -2.35. The van der Waals surface area contributed by atoms with Crippen molar-refractivity contribution in [3.05, 3.63) is 29.6 Å². The minimum Gasteiger partial charge on any atom is -0.449 e. The number of carbonyl (C=O) groups excluding carboxylic acids is 2. The molecule has 7 nitrogen and oxygen atoms in total. The highest BCUT2D eigenvalue weighted by Gasteiger charge is 2.26. The van der Waals surface area contributed by atoms with Crippen molar-refractivity contribution in [3.63, 3.8) is 0 Å². The predicted molar refractivity (Wildman–Crippen MR) is 90.1 cm³/mol. The van der Waals surface area contributed by atoms with E-state index < -0.39 is 39.4 Å². The average Bonchev–Trinajstić information content (AvgIpc) is 2.55. The monoisotopic (exact) mass is 374 g/mol. The summed E-state index contributed by atoms with van der Waals surface area (Å²) in [5, 5.41) is 2.47. The second-order valence-corrected chi connectivity index (χ2v) is 7.11. The number of hydrogen-bond acceptors (Lipinski definition) is 5. The second-order valence-electron chi connectivity index (χ2n) is 5.17. The number of esters is 1. The smallest absolute Gasteiger partial charge is 0.341 e. The molecule has 0 aromatic heterocycles. The predicted octanol–water partition coefficient (Wildman–Crippen LogP) is 1.54. The Hall–Kier alpha value is -2.00. The summed E-state index contributed by atoms with van der Waals surface area (Å²) in [5.74, 6) is -2.55. The van der Waals surface area contributed by atoms with Gasteiger partial charge in [0.25, 0.3) is 5.91 Å². The highest BCUT2D eigenvalue weighted by molar-refractivity contribution is 7.89. The van der Waals surface area contributed by atoms with Gasteiger partial charge in [-0.1, -0.05) is 13.8 Å². The van der Waals surface area contributed by atoms with Gasteiger partial charge in [-0.3, -0.25) is 4.79 Å². The Labute approximate surface area is 147 Å². The number of rotatable bonds is 8. The first-order valence-corrected chi connectivity index (χ1v) is 9.41. The number of ether oxygens (including phenoxy) is 1. The van der Waals surface area contributed by atoms with Gasteiger partial charge in [0.15, 0.2) is 6.10 Å². The number of likely N-dealkylation sites (N-methyl/N-ethyl adjacent to an activating group) is 1. The maximum atomic E-state index is 14.0. The summed E-state index contributed by atoms with van der Waals surface area (Å²) in [6.45, 7) is 7.23. The Morgan fingerprint density at radius 3 is 2.36 bits per heavy atom. The topological polar surface area (TPSA) is 92.8 Å². The summed E-state index contributed by atoms with van der Waals surface area (Å²) < 4.78 is 45.0. The van der Waals surface area contributed by atoms with E-state index in [9.17, 15) is 22.4 Å². The van der Waals surface area contributed by atoms with E-state index in [2.05, 4.69) is 5.32 Å². The Morgan fingerprint density at radius 1 is 1.24 bits per heavy atom. The molecule has 0 heterocycles. The van der Waals surface area contributed by atoms with Gasteiger partial charge in [-0.15, -0.1) is 0 Å². The molecule has 0 bridgehead atoms. The number of benzene rings is 1. The molecular weight excluding hydrogens is 351 g/mol. The number of carbonyl (C=O) groups is 2. The van der Waals surface area contributed by atoms with Crippen LogP contribution in [0.4, 0.5) is 4.39 Å². The number of nitrogens with zero attached hydrogens (tertiary/aromatic N) is 1. The van der Waals surface area contributed by atoms with Crippen LogP contribution in [-0.4, -0.2) is 50.3 Å². The molecule has 0 spiro atoms. The molecule has 0 saturated carbocycles. The van der Waals surface area contributed by atoms with Gasteiger partial charge in [-0.25, -0.2) is 17.6 Å². The quantitative estimate of drug-likeness (QED) is 0.697. The maximum Gasteiger partial charge on any atom is 0.341 e. The van der Waals surface area contributed by atoms with E-state index in [4.69, 9.17) is 4.74 Å². The Bertz CT molecular complexity index is 732. The highest BCUT2D eigenvalue weighted by Crippen LogP contribution is 2.20. The molecule has 1 aromatic carbocycles. The first-order valence-electron chi connectivity index (χ1n) is 7.97. The van der Waals surface area contributed by atoms with E-state index >= 15 is 0 Å². The summed E-state index contributed by atoms with van der Waals surface area (Å²) in [4.78, 5) is 23.5. The minimum absolute atomic E-state index is 0.213. The molecule has 0 aliphatic carbocycles. The van der Waals surface area contributed by atoms with Crippen molar-refractivity contribution in [2.24, 2.45) is 0 Å². The van der Waals surface area contributed by atoms with Crippen LogP contribution < -0.4 is 5.32 Å². The molecule has 0 fully saturated rings. The molecule has 1 aromatic rings.